The van der Waals surface area contributed by atoms with E-state index >= 15 is 0 Å². The molecule has 1 aliphatic rings. The molecule has 1 N–H and O–H groups in total. The molecule has 1 saturated heterocycles. The Morgan fingerprint density at radius 2 is 1.89 bits per heavy atom. The zero-order valence-corrected chi connectivity index (χ0v) is 18.4. The fourth-order valence-corrected chi connectivity index (χ4v) is 4.31. The summed E-state index contributed by atoms with van der Waals surface area (Å²) in [6.07, 6.45) is 5.69. The Bertz CT molecular complexity index is 801. The van der Waals surface area contributed by atoms with Crippen molar-refractivity contribution in [2.24, 2.45) is 5.92 Å². The largest absolute Gasteiger partial charge is 0.339 e. The Morgan fingerprint density at radius 3 is 2.57 bits per heavy atom. The normalized spacial score (nSPS) is 14.9. The lowest BCUT2D eigenvalue weighted by Gasteiger charge is -2.31. The maximum absolute atomic E-state index is 12.6. The number of hydrogen-bond acceptors (Lipinski definition) is 5. The maximum atomic E-state index is 12.6. The molecule has 0 bridgehead atoms. The molecule has 0 spiro atoms. The number of carbonyl (C=O) groups excluding carboxylic acids is 2. The highest BCUT2D eigenvalue weighted by Crippen LogP contribution is 2.23. The molecule has 0 radical (unpaired) electrons. The number of piperidine rings is 1. The Morgan fingerprint density at radius 1 is 1.18 bits per heavy atom. The predicted molar refractivity (Wildman–Crippen MR) is 115 cm³/mol. The first kappa shape index (κ1) is 20.9. The summed E-state index contributed by atoms with van der Waals surface area (Å²) in [6.45, 7) is 3.35. The van der Waals surface area contributed by atoms with Gasteiger partial charge in [0.05, 0.1) is 0 Å². The quantitative estimate of drug-likeness (QED) is 0.610. The SMILES string of the molecule is CCCCCc1nnc(NC(=O)C2CCN(C(=O)c3ccc(Br)cc3)CC2)s1. The van der Waals surface area contributed by atoms with Gasteiger partial charge in [0, 0.05) is 35.5 Å². The third-order valence-electron chi connectivity index (χ3n) is 4.94. The van der Waals surface area contributed by atoms with E-state index in [-0.39, 0.29) is 17.7 Å². The van der Waals surface area contributed by atoms with Crippen LogP contribution in [0.15, 0.2) is 28.7 Å². The van der Waals surface area contributed by atoms with Crippen molar-refractivity contribution in [1.82, 2.24) is 15.1 Å². The van der Waals surface area contributed by atoms with Crippen LogP contribution < -0.4 is 5.32 Å². The molecule has 0 atom stereocenters. The number of anilines is 1. The van der Waals surface area contributed by atoms with Gasteiger partial charge in [-0.25, -0.2) is 0 Å². The maximum Gasteiger partial charge on any atom is 0.253 e. The average Bonchev–Trinajstić information content (AvgIpc) is 3.15. The number of unbranched alkanes of at least 4 members (excludes halogenated alkanes) is 2. The van der Waals surface area contributed by atoms with Gasteiger partial charge in [-0.15, -0.1) is 10.2 Å². The van der Waals surface area contributed by atoms with Crippen LogP contribution in [0, 0.1) is 5.92 Å². The number of nitrogens with one attached hydrogen (secondary N) is 1. The van der Waals surface area contributed by atoms with Crippen LogP contribution in [0.1, 0.15) is 54.4 Å². The van der Waals surface area contributed by atoms with E-state index in [2.05, 4.69) is 38.4 Å². The van der Waals surface area contributed by atoms with Crippen LogP contribution in [0.25, 0.3) is 0 Å². The van der Waals surface area contributed by atoms with E-state index < -0.39 is 0 Å². The van der Waals surface area contributed by atoms with E-state index in [0.29, 0.717) is 36.6 Å². The molecule has 0 unspecified atom stereocenters. The summed E-state index contributed by atoms with van der Waals surface area (Å²) < 4.78 is 0.949. The predicted octanol–water partition coefficient (Wildman–Crippen LogP) is 4.52. The Labute approximate surface area is 177 Å². The van der Waals surface area contributed by atoms with E-state index in [1.165, 1.54) is 24.2 Å². The van der Waals surface area contributed by atoms with Gasteiger partial charge in [0.1, 0.15) is 5.01 Å². The van der Waals surface area contributed by atoms with Gasteiger partial charge in [0.15, 0.2) is 0 Å². The number of hydrogen-bond donors (Lipinski definition) is 1. The third-order valence-corrected chi connectivity index (χ3v) is 6.36. The standard InChI is InChI=1S/C20H25BrN4O2S/c1-2-3-4-5-17-23-24-20(28-17)22-18(26)14-10-12-25(13-11-14)19(27)15-6-8-16(21)9-7-15/h6-9,14H,2-5,10-13H2,1H3,(H,22,24,26). The molecule has 0 aliphatic carbocycles. The van der Waals surface area contributed by atoms with Gasteiger partial charge in [0.2, 0.25) is 11.0 Å². The van der Waals surface area contributed by atoms with Crippen LogP contribution in [-0.4, -0.2) is 40.0 Å². The number of halogens is 1. The number of likely N-dealkylation sites (tertiary alicyclic amines) is 1. The van der Waals surface area contributed by atoms with Crippen molar-refractivity contribution in [3.05, 3.63) is 39.3 Å². The second kappa shape index (κ2) is 10.1. The number of carbonyl (C=O) groups is 2. The molecule has 2 heterocycles. The molecule has 1 aromatic carbocycles. The van der Waals surface area contributed by atoms with Gasteiger partial charge in [-0.05, 0) is 43.5 Å². The molecular formula is C20H25BrN4O2S. The lowest BCUT2D eigenvalue weighted by molar-refractivity contribution is -0.121. The van der Waals surface area contributed by atoms with Crippen LogP contribution in [0.3, 0.4) is 0 Å². The fourth-order valence-electron chi connectivity index (χ4n) is 3.26. The molecule has 1 aliphatic heterocycles. The third kappa shape index (κ3) is 5.61. The Hall–Kier alpha value is -1.80. The highest BCUT2D eigenvalue weighted by atomic mass is 79.9. The first-order valence-electron chi connectivity index (χ1n) is 9.75. The zero-order chi connectivity index (χ0) is 19.9. The van der Waals surface area contributed by atoms with E-state index in [4.69, 9.17) is 0 Å². The molecule has 28 heavy (non-hydrogen) atoms. The average molecular weight is 465 g/mol. The number of aryl methyl sites for hydroxylation is 1. The van der Waals surface area contributed by atoms with Crippen molar-refractivity contribution in [2.45, 2.75) is 45.4 Å². The molecule has 2 aromatic rings. The smallest absolute Gasteiger partial charge is 0.253 e. The van der Waals surface area contributed by atoms with Gasteiger partial charge in [-0.2, -0.15) is 0 Å². The fraction of sp³-hybridized carbons (Fsp3) is 0.500. The number of rotatable bonds is 7. The summed E-state index contributed by atoms with van der Waals surface area (Å²) >= 11 is 4.84. The summed E-state index contributed by atoms with van der Waals surface area (Å²) in [5.41, 5.74) is 0.676. The van der Waals surface area contributed by atoms with Crippen LogP contribution in [-0.2, 0) is 11.2 Å². The Balaban J connectivity index is 1.47. The van der Waals surface area contributed by atoms with Crippen molar-refractivity contribution in [1.29, 1.82) is 0 Å². The molecule has 6 nitrogen and oxygen atoms in total. The Kier molecular flexibility index (Phi) is 7.56. The van der Waals surface area contributed by atoms with Gasteiger partial charge in [0.25, 0.3) is 5.91 Å². The summed E-state index contributed by atoms with van der Waals surface area (Å²) in [6, 6.07) is 7.37. The molecule has 3 rings (SSSR count). The summed E-state index contributed by atoms with van der Waals surface area (Å²) in [5.74, 6) is -0.0967. The molecular weight excluding hydrogens is 440 g/mol. The van der Waals surface area contributed by atoms with E-state index in [1.807, 2.05) is 29.2 Å². The highest BCUT2D eigenvalue weighted by Gasteiger charge is 2.28. The van der Waals surface area contributed by atoms with Crippen molar-refractivity contribution in [3.8, 4) is 0 Å². The van der Waals surface area contributed by atoms with E-state index in [1.54, 1.807) is 0 Å². The van der Waals surface area contributed by atoms with Crippen LogP contribution in [0.5, 0.6) is 0 Å². The summed E-state index contributed by atoms with van der Waals surface area (Å²) in [4.78, 5) is 26.9. The summed E-state index contributed by atoms with van der Waals surface area (Å²) in [7, 11) is 0. The highest BCUT2D eigenvalue weighted by molar-refractivity contribution is 9.10. The zero-order valence-electron chi connectivity index (χ0n) is 16.0. The number of amides is 2. The first-order chi connectivity index (χ1) is 13.6. The molecule has 150 valence electrons. The molecule has 2 amide bonds. The van der Waals surface area contributed by atoms with Crippen molar-refractivity contribution < 1.29 is 9.59 Å². The lowest BCUT2D eigenvalue weighted by Crippen LogP contribution is -2.41. The van der Waals surface area contributed by atoms with E-state index in [0.717, 1.165) is 22.3 Å². The lowest BCUT2D eigenvalue weighted by atomic mass is 9.95. The second-order valence-corrected chi connectivity index (χ2v) is 9.00. The number of nitrogens with zero attached hydrogens (tertiary/aromatic N) is 3. The van der Waals surface area contributed by atoms with Gasteiger partial charge < -0.3 is 10.2 Å². The van der Waals surface area contributed by atoms with Crippen LogP contribution >= 0.6 is 27.3 Å². The van der Waals surface area contributed by atoms with Crippen molar-refractivity contribution in [2.75, 3.05) is 18.4 Å². The first-order valence-corrected chi connectivity index (χ1v) is 11.4. The minimum absolute atomic E-state index is 0.0206. The number of aromatic nitrogens is 2. The number of benzene rings is 1. The molecule has 0 saturated carbocycles. The van der Waals surface area contributed by atoms with Crippen LogP contribution in [0.2, 0.25) is 0 Å². The van der Waals surface area contributed by atoms with Crippen molar-refractivity contribution in [3.63, 3.8) is 0 Å². The molecule has 1 fully saturated rings. The topological polar surface area (TPSA) is 75.2 Å². The minimum Gasteiger partial charge on any atom is -0.339 e. The van der Waals surface area contributed by atoms with E-state index in [9.17, 15) is 9.59 Å². The second-order valence-electron chi connectivity index (χ2n) is 7.02. The van der Waals surface area contributed by atoms with Crippen molar-refractivity contribution >= 4 is 44.2 Å². The molecule has 1 aromatic heterocycles. The monoisotopic (exact) mass is 464 g/mol. The minimum atomic E-state index is -0.0959. The van der Waals surface area contributed by atoms with Crippen LogP contribution in [0.4, 0.5) is 5.13 Å². The van der Waals surface area contributed by atoms with Gasteiger partial charge >= 0.3 is 0 Å². The molecule has 8 heteroatoms. The van der Waals surface area contributed by atoms with Gasteiger partial charge in [-0.3, -0.25) is 9.59 Å². The van der Waals surface area contributed by atoms with Gasteiger partial charge in [-0.1, -0.05) is 47.0 Å². The summed E-state index contributed by atoms with van der Waals surface area (Å²) in [5, 5.41) is 12.7.